The predicted octanol–water partition coefficient (Wildman–Crippen LogP) is 2.54. The van der Waals surface area contributed by atoms with Crippen LogP contribution in [0.4, 0.5) is 0 Å². The molecule has 0 aliphatic heterocycles. The van der Waals surface area contributed by atoms with Crippen LogP contribution < -0.4 is 0 Å². The largest absolute Gasteiger partial charge is 0.399 e. The van der Waals surface area contributed by atoms with Gasteiger partial charge in [-0.25, -0.2) is 0 Å². The number of oxime groups is 2. The molecule has 0 amide bonds. The molecule has 120 valence electrons. The van der Waals surface area contributed by atoms with E-state index in [0.29, 0.717) is 12.3 Å². The smallest absolute Gasteiger partial charge is 0.153 e. The highest BCUT2D eigenvalue weighted by Gasteiger charge is 2.18. The lowest BCUT2D eigenvalue weighted by molar-refractivity contribution is 0.130. The fourth-order valence-corrected chi connectivity index (χ4v) is 1.93. The van der Waals surface area contributed by atoms with Crippen molar-refractivity contribution in [3.63, 3.8) is 0 Å². The molecular weight excluding hydrogens is 280 g/mol. The molecule has 0 N–H and O–H groups in total. The van der Waals surface area contributed by atoms with Crippen LogP contribution in [-0.2, 0) is 16.3 Å². The Bertz CT molecular complexity index is 573. The Morgan fingerprint density at radius 2 is 1.82 bits per heavy atom. The average Bonchev–Trinajstić information content (AvgIpc) is 2.47. The first-order chi connectivity index (χ1) is 10.5. The third-order valence-corrected chi connectivity index (χ3v) is 2.77. The number of benzene rings is 1. The van der Waals surface area contributed by atoms with Crippen molar-refractivity contribution >= 4 is 17.3 Å². The van der Waals surface area contributed by atoms with E-state index in [9.17, 15) is 0 Å². The van der Waals surface area contributed by atoms with Crippen molar-refractivity contribution in [1.82, 2.24) is 4.90 Å². The van der Waals surface area contributed by atoms with Crippen LogP contribution in [-0.4, -0.2) is 50.4 Å². The van der Waals surface area contributed by atoms with Gasteiger partial charge in [0, 0.05) is 32.3 Å². The van der Waals surface area contributed by atoms with E-state index in [2.05, 4.69) is 15.3 Å². The van der Waals surface area contributed by atoms with Gasteiger partial charge in [-0.2, -0.15) is 0 Å². The van der Waals surface area contributed by atoms with Crippen molar-refractivity contribution in [3.8, 4) is 0 Å². The topological polar surface area (TPSA) is 58.8 Å². The Labute approximate surface area is 132 Å². The molecule has 0 unspecified atom stereocenters. The number of nitrogens with zero attached hydrogens (tertiary/aromatic N) is 4. The maximum absolute atomic E-state index is 5.36. The maximum atomic E-state index is 5.36. The zero-order valence-corrected chi connectivity index (χ0v) is 14.1. The van der Waals surface area contributed by atoms with E-state index in [1.807, 2.05) is 57.1 Å². The van der Waals surface area contributed by atoms with Gasteiger partial charge in [-0.1, -0.05) is 34.6 Å². The fourth-order valence-electron chi connectivity index (χ4n) is 1.93. The van der Waals surface area contributed by atoms with Gasteiger partial charge in [0.2, 0.25) is 0 Å². The van der Waals surface area contributed by atoms with Gasteiger partial charge in [-0.15, -0.1) is 0 Å². The molecule has 0 fully saturated rings. The molecule has 0 spiro atoms. The minimum Gasteiger partial charge on any atom is -0.399 e. The highest BCUT2D eigenvalue weighted by atomic mass is 16.6. The summed E-state index contributed by atoms with van der Waals surface area (Å²) in [5, 5.41) is 8.11. The van der Waals surface area contributed by atoms with E-state index in [4.69, 9.17) is 9.68 Å². The number of aliphatic imine (C=N–C) groups is 1. The van der Waals surface area contributed by atoms with Gasteiger partial charge in [0.15, 0.2) is 11.5 Å². The molecule has 0 saturated heterocycles. The number of hydrogen-bond acceptors (Lipinski definition) is 5. The molecule has 0 saturated carbocycles. The second kappa shape index (κ2) is 8.81. The Balaban J connectivity index is 3.21. The molecule has 1 rings (SSSR count). The summed E-state index contributed by atoms with van der Waals surface area (Å²) in [6, 6.07) is 7.84. The van der Waals surface area contributed by atoms with Gasteiger partial charge in [-0.3, -0.25) is 4.99 Å². The van der Waals surface area contributed by atoms with Crippen molar-refractivity contribution in [1.29, 1.82) is 0 Å². The summed E-state index contributed by atoms with van der Waals surface area (Å²) in [6.45, 7) is 4.13. The molecule has 0 bridgehead atoms. The van der Waals surface area contributed by atoms with Crippen molar-refractivity contribution < 1.29 is 9.68 Å². The van der Waals surface area contributed by atoms with Gasteiger partial charge >= 0.3 is 0 Å². The second-order valence-electron chi connectivity index (χ2n) is 5.03. The Morgan fingerprint density at radius 3 is 2.36 bits per heavy atom. The summed E-state index contributed by atoms with van der Waals surface area (Å²) in [5.74, 6) is 0.726. The molecule has 6 nitrogen and oxygen atoms in total. The summed E-state index contributed by atoms with van der Waals surface area (Å²) >= 11 is 0. The number of rotatable bonds is 6. The van der Waals surface area contributed by atoms with Gasteiger partial charge in [-0.05, 0) is 13.8 Å². The van der Waals surface area contributed by atoms with Crippen molar-refractivity contribution in [3.05, 3.63) is 35.4 Å². The first kappa shape index (κ1) is 17.7. The maximum Gasteiger partial charge on any atom is 0.153 e. The first-order valence-electron chi connectivity index (χ1n) is 6.98. The molecule has 6 heteroatoms. The van der Waals surface area contributed by atoms with Crippen LogP contribution in [0.3, 0.4) is 0 Å². The second-order valence-corrected chi connectivity index (χ2v) is 5.03. The predicted molar refractivity (Wildman–Crippen MR) is 90.6 cm³/mol. The quantitative estimate of drug-likeness (QED) is 0.461. The lowest BCUT2D eigenvalue weighted by Crippen LogP contribution is -2.31. The van der Waals surface area contributed by atoms with Crippen molar-refractivity contribution in [2.24, 2.45) is 15.3 Å². The third-order valence-electron chi connectivity index (χ3n) is 2.77. The van der Waals surface area contributed by atoms with Crippen LogP contribution >= 0.6 is 0 Å². The molecule has 0 atom stereocenters. The first-order valence-corrected chi connectivity index (χ1v) is 6.98. The summed E-state index contributed by atoms with van der Waals surface area (Å²) in [4.78, 5) is 16.6. The van der Waals surface area contributed by atoms with E-state index >= 15 is 0 Å². The highest BCUT2D eigenvalue weighted by molar-refractivity contribution is 6.47. The molecule has 0 aliphatic carbocycles. The Hall–Kier alpha value is -2.37. The monoisotopic (exact) mass is 304 g/mol. The Kier molecular flexibility index (Phi) is 7.08. The molecule has 1 aromatic carbocycles. The summed E-state index contributed by atoms with van der Waals surface area (Å²) < 4.78 is 0. The van der Waals surface area contributed by atoms with Crippen LogP contribution in [0.2, 0.25) is 0 Å². The van der Waals surface area contributed by atoms with E-state index in [1.54, 1.807) is 7.05 Å². The number of hydrogen-bond donors (Lipinski definition) is 0. The molecule has 22 heavy (non-hydrogen) atoms. The average molecular weight is 304 g/mol. The van der Waals surface area contributed by atoms with Gasteiger partial charge in [0.05, 0.1) is 5.71 Å². The molecular formula is C16H24N4O2. The molecule has 0 aromatic heterocycles. The summed E-state index contributed by atoms with van der Waals surface area (Å²) in [7, 11) is 7.08. The van der Waals surface area contributed by atoms with Crippen LogP contribution in [0.1, 0.15) is 25.0 Å². The number of likely N-dealkylation sites (N-methyl/N-ethyl adjacent to an activating group) is 1. The fraction of sp³-hybridized carbons (Fsp3) is 0.438. The van der Waals surface area contributed by atoms with Crippen molar-refractivity contribution in [2.45, 2.75) is 20.5 Å². The van der Waals surface area contributed by atoms with E-state index < -0.39 is 0 Å². The van der Waals surface area contributed by atoms with Crippen LogP contribution in [0.15, 0.2) is 39.6 Å². The summed E-state index contributed by atoms with van der Waals surface area (Å²) in [6.07, 6.45) is 0. The zero-order chi connectivity index (χ0) is 16.5. The minimum absolute atomic E-state index is 0.356. The lowest BCUT2D eigenvalue weighted by atomic mass is 10.0. The van der Waals surface area contributed by atoms with Crippen LogP contribution in [0, 0.1) is 0 Å². The zero-order valence-electron chi connectivity index (χ0n) is 14.1. The number of amidine groups is 1. The van der Waals surface area contributed by atoms with E-state index in [1.165, 1.54) is 7.11 Å². The standard InChI is InChI=1S/C16H24N4O2/c1-12(2)18-22-11-13-9-7-8-10-14(13)15(19-21-6)16(17-3)20(4)5/h7-10H,11H2,1-6H3/b17-16?,19-15+. The normalized spacial score (nSPS) is 11.9. The van der Waals surface area contributed by atoms with Gasteiger partial charge in [0.25, 0.3) is 0 Å². The molecule has 0 radical (unpaired) electrons. The minimum atomic E-state index is 0.356. The molecule has 1 aromatic rings. The highest BCUT2D eigenvalue weighted by Crippen LogP contribution is 2.14. The van der Waals surface area contributed by atoms with E-state index in [0.717, 1.165) is 22.7 Å². The van der Waals surface area contributed by atoms with Gasteiger partial charge in [0.1, 0.15) is 13.7 Å². The Morgan fingerprint density at radius 1 is 1.14 bits per heavy atom. The summed E-state index contributed by atoms with van der Waals surface area (Å²) in [5.41, 5.74) is 3.40. The molecule has 0 heterocycles. The lowest BCUT2D eigenvalue weighted by Gasteiger charge is -2.18. The molecule has 0 aliphatic rings. The van der Waals surface area contributed by atoms with Crippen LogP contribution in [0.5, 0.6) is 0 Å². The van der Waals surface area contributed by atoms with Gasteiger partial charge < -0.3 is 14.6 Å². The van der Waals surface area contributed by atoms with E-state index in [-0.39, 0.29) is 0 Å². The van der Waals surface area contributed by atoms with Crippen molar-refractivity contribution in [2.75, 3.05) is 28.3 Å². The SMILES string of the molecule is CN=C(/C(=N/OC)c1ccccc1CON=C(C)C)N(C)C. The third kappa shape index (κ3) is 4.87. The van der Waals surface area contributed by atoms with Crippen LogP contribution in [0.25, 0.3) is 0 Å².